The zero-order valence-corrected chi connectivity index (χ0v) is 18.9. The highest BCUT2D eigenvalue weighted by atomic mass is 32.2. The maximum absolute atomic E-state index is 6.17. The van der Waals surface area contributed by atoms with E-state index in [9.17, 15) is 0 Å². The van der Waals surface area contributed by atoms with Crippen LogP contribution in [0.3, 0.4) is 0 Å². The second-order valence-electron chi connectivity index (χ2n) is 8.72. The molecule has 0 fully saturated rings. The summed E-state index contributed by atoms with van der Waals surface area (Å²) in [6, 6.07) is 24.9. The highest BCUT2D eigenvalue weighted by molar-refractivity contribution is 7.99. The zero-order valence-electron chi connectivity index (χ0n) is 18.1. The van der Waals surface area contributed by atoms with Crippen molar-refractivity contribution in [2.45, 2.75) is 37.0 Å². The second-order valence-corrected chi connectivity index (χ2v) is 9.80. The Morgan fingerprint density at radius 2 is 1.35 bits per heavy atom. The van der Waals surface area contributed by atoms with Crippen molar-refractivity contribution in [2.24, 2.45) is 0 Å². The molecule has 2 heterocycles. The molecule has 0 N–H and O–H groups in total. The Morgan fingerprint density at radius 1 is 0.710 bits per heavy atom. The molecule has 2 aliphatic heterocycles. The second kappa shape index (κ2) is 7.03. The Hall–Kier alpha value is -2.97. The first-order valence-electron chi connectivity index (χ1n) is 10.9. The molecule has 0 amide bonds. The summed E-state index contributed by atoms with van der Waals surface area (Å²) in [5.41, 5.74) is 10.7. The molecule has 0 saturated carbocycles. The van der Waals surface area contributed by atoms with Crippen molar-refractivity contribution in [2.75, 3.05) is 6.61 Å². The van der Waals surface area contributed by atoms with E-state index in [-0.39, 0.29) is 0 Å². The SMILES string of the molecule is Cc1ccc2c(c1)C(=C1CCOc3ccc4cc(C)ccc4c31)c1cc(C)ccc1S2. The fourth-order valence-electron chi connectivity index (χ4n) is 4.94. The van der Waals surface area contributed by atoms with E-state index in [1.807, 2.05) is 11.8 Å². The molecule has 0 atom stereocenters. The lowest BCUT2D eigenvalue weighted by molar-refractivity contribution is 0.317. The number of hydrogen-bond donors (Lipinski definition) is 0. The summed E-state index contributed by atoms with van der Waals surface area (Å²) in [4.78, 5) is 2.68. The van der Waals surface area contributed by atoms with Gasteiger partial charge in [0.1, 0.15) is 5.75 Å². The van der Waals surface area contributed by atoms with Gasteiger partial charge in [-0.25, -0.2) is 0 Å². The lowest BCUT2D eigenvalue weighted by atomic mass is 9.83. The van der Waals surface area contributed by atoms with Gasteiger partial charge in [0.25, 0.3) is 0 Å². The van der Waals surface area contributed by atoms with Gasteiger partial charge in [0, 0.05) is 21.8 Å². The third-order valence-corrected chi connectivity index (χ3v) is 7.53. The third-order valence-electron chi connectivity index (χ3n) is 6.38. The molecule has 0 aromatic heterocycles. The molecule has 0 saturated heterocycles. The first kappa shape index (κ1) is 18.8. The topological polar surface area (TPSA) is 9.23 Å². The minimum absolute atomic E-state index is 0.721. The van der Waals surface area contributed by atoms with Crippen molar-refractivity contribution < 1.29 is 4.74 Å². The molecule has 6 rings (SSSR count). The van der Waals surface area contributed by atoms with E-state index in [0.29, 0.717) is 0 Å². The van der Waals surface area contributed by atoms with Crippen LogP contribution in [0.15, 0.2) is 76.5 Å². The van der Waals surface area contributed by atoms with Crippen molar-refractivity contribution in [3.63, 3.8) is 0 Å². The fourth-order valence-corrected chi connectivity index (χ4v) is 5.99. The minimum Gasteiger partial charge on any atom is -0.493 e. The average Bonchev–Trinajstić information content (AvgIpc) is 2.77. The number of benzene rings is 4. The van der Waals surface area contributed by atoms with Crippen LogP contribution in [-0.4, -0.2) is 6.61 Å². The molecule has 0 radical (unpaired) electrons. The van der Waals surface area contributed by atoms with E-state index in [2.05, 4.69) is 87.5 Å². The van der Waals surface area contributed by atoms with Crippen LogP contribution in [0.5, 0.6) is 5.75 Å². The maximum Gasteiger partial charge on any atom is 0.127 e. The van der Waals surface area contributed by atoms with E-state index in [4.69, 9.17) is 4.74 Å². The van der Waals surface area contributed by atoms with E-state index in [0.717, 1.165) is 18.8 Å². The number of rotatable bonds is 0. The lowest BCUT2D eigenvalue weighted by Gasteiger charge is -2.29. The molecular formula is C29H24OS. The number of aryl methyl sites for hydroxylation is 3. The summed E-state index contributed by atoms with van der Waals surface area (Å²) < 4.78 is 6.17. The van der Waals surface area contributed by atoms with Crippen LogP contribution in [0.25, 0.3) is 21.9 Å². The van der Waals surface area contributed by atoms with Crippen molar-refractivity contribution in [1.82, 2.24) is 0 Å². The zero-order chi connectivity index (χ0) is 21.1. The summed E-state index contributed by atoms with van der Waals surface area (Å²) >= 11 is 1.89. The van der Waals surface area contributed by atoms with Gasteiger partial charge >= 0.3 is 0 Å². The molecule has 0 bridgehead atoms. The van der Waals surface area contributed by atoms with Crippen molar-refractivity contribution in [3.05, 3.63) is 100 Å². The molecule has 2 aliphatic rings. The number of hydrogen-bond acceptors (Lipinski definition) is 2. The molecule has 4 aromatic rings. The molecule has 31 heavy (non-hydrogen) atoms. The maximum atomic E-state index is 6.17. The number of ether oxygens (including phenoxy) is 1. The summed E-state index contributed by atoms with van der Waals surface area (Å²) in [6.07, 6.45) is 0.917. The predicted octanol–water partition coefficient (Wildman–Crippen LogP) is 7.97. The van der Waals surface area contributed by atoms with E-state index >= 15 is 0 Å². The Bertz CT molecular complexity index is 1360. The molecule has 0 unspecified atom stereocenters. The quantitative estimate of drug-likeness (QED) is 0.251. The van der Waals surface area contributed by atoms with Crippen LogP contribution in [-0.2, 0) is 0 Å². The minimum atomic E-state index is 0.721. The van der Waals surface area contributed by atoms with Crippen molar-refractivity contribution in [1.29, 1.82) is 0 Å². The van der Waals surface area contributed by atoms with Gasteiger partial charge in [0.05, 0.1) is 6.61 Å². The molecule has 152 valence electrons. The fraction of sp³-hybridized carbons (Fsp3) is 0.172. The van der Waals surface area contributed by atoms with Crippen molar-refractivity contribution >= 4 is 33.7 Å². The summed E-state index contributed by atoms with van der Waals surface area (Å²) in [6.45, 7) is 7.26. The monoisotopic (exact) mass is 420 g/mol. The molecular weight excluding hydrogens is 396 g/mol. The van der Waals surface area contributed by atoms with E-state index in [1.54, 1.807) is 0 Å². The van der Waals surface area contributed by atoms with Crippen molar-refractivity contribution in [3.8, 4) is 5.75 Å². The van der Waals surface area contributed by atoms with Gasteiger partial charge in [-0.15, -0.1) is 0 Å². The van der Waals surface area contributed by atoms with Gasteiger partial charge in [-0.05, 0) is 72.0 Å². The van der Waals surface area contributed by atoms with Gasteiger partial charge in [-0.3, -0.25) is 0 Å². The Kier molecular flexibility index (Phi) is 4.26. The van der Waals surface area contributed by atoms with Gasteiger partial charge in [0.2, 0.25) is 0 Å². The van der Waals surface area contributed by atoms with Crippen LogP contribution in [0.2, 0.25) is 0 Å². The first-order valence-corrected chi connectivity index (χ1v) is 11.7. The summed E-state index contributed by atoms with van der Waals surface area (Å²) in [7, 11) is 0. The molecule has 4 aromatic carbocycles. The smallest absolute Gasteiger partial charge is 0.127 e. The van der Waals surface area contributed by atoms with Crippen LogP contribution < -0.4 is 4.74 Å². The van der Waals surface area contributed by atoms with Gasteiger partial charge in [-0.1, -0.05) is 77.0 Å². The van der Waals surface area contributed by atoms with Crippen LogP contribution >= 0.6 is 11.8 Å². The van der Waals surface area contributed by atoms with E-state index < -0.39 is 0 Å². The summed E-state index contributed by atoms with van der Waals surface area (Å²) in [5.74, 6) is 1.01. The van der Waals surface area contributed by atoms with E-state index in [1.165, 1.54) is 65.1 Å². The molecule has 0 aliphatic carbocycles. The predicted molar refractivity (Wildman–Crippen MR) is 131 cm³/mol. The van der Waals surface area contributed by atoms with Crippen LogP contribution in [0, 0.1) is 20.8 Å². The highest BCUT2D eigenvalue weighted by Crippen LogP contribution is 2.51. The average molecular weight is 421 g/mol. The van der Waals surface area contributed by atoms with Gasteiger partial charge < -0.3 is 4.74 Å². The van der Waals surface area contributed by atoms with Gasteiger partial charge in [-0.2, -0.15) is 0 Å². The first-order chi connectivity index (χ1) is 15.1. The van der Waals surface area contributed by atoms with Crippen LogP contribution in [0.1, 0.15) is 39.8 Å². The summed E-state index contributed by atoms with van der Waals surface area (Å²) in [5, 5.41) is 2.56. The Balaban J connectivity index is 1.75. The number of fused-ring (bicyclic) bond motifs is 5. The normalized spacial score (nSPS) is 14.7. The Morgan fingerprint density at radius 3 is 2.06 bits per heavy atom. The molecule has 1 nitrogen and oxygen atoms in total. The molecule has 0 spiro atoms. The van der Waals surface area contributed by atoms with Crippen LogP contribution in [0.4, 0.5) is 0 Å². The standard InChI is InChI=1S/C29H24OS/c1-17-4-8-21-20(14-17)7-9-25-29(21)22(12-13-30-25)28-23-15-18(2)5-10-26(23)31-27-11-6-19(3)16-24(27)28/h4-11,14-16H,12-13H2,1-3H3. The largest absolute Gasteiger partial charge is 0.493 e. The lowest BCUT2D eigenvalue weighted by Crippen LogP contribution is -2.12. The molecule has 2 heteroatoms. The van der Waals surface area contributed by atoms with Gasteiger partial charge in [0.15, 0.2) is 0 Å². The highest BCUT2D eigenvalue weighted by Gasteiger charge is 2.28. The third kappa shape index (κ3) is 3.01. The Labute approximate surface area is 187 Å².